The monoisotopic (exact) mass is 762 g/mol. The number of hydrogen-bond acceptors (Lipinski definition) is 12. The summed E-state index contributed by atoms with van der Waals surface area (Å²) in [5.74, 6) is -2.97. The van der Waals surface area contributed by atoms with Crippen molar-refractivity contribution in [2.24, 2.45) is 11.8 Å². The first-order valence-electron chi connectivity index (χ1n) is 18.1. The maximum Gasteiger partial charge on any atom is 0.244 e. The number of rotatable bonds is 26. The van der Waals surface area contributed by atoms with Crippen LogP contribution in [0, 0.1) is 11.8 Å². The van der Waals surface area contributed by atoms with Gasteiger partial charge in [0.2, 0.25) is 11.8 Å². The van der Waals surface area contributed by atoms with Crippen LogP contribution in [0.1, 0.15) is 139 Å². The van der Waals surface area contributed by atoms with Gasteiger partial charge in [0.1, 0.15) is 57.8 Å². The van der Waals surface area contributed by atoms with Crippen LogP contribution in [-0.4, -0.2) is 76.3 Å². The van der Waals surface area contributed by atoms with Crippen LogP contribution in [-0.2, 0) is 57.5 Å². The quantitative estimate of drug-likeness (QED) is 0.0697. The predicted molar refractivity (Wildman–Crippen MR) is 204 cm³/mol. The average molecular weight is 763 g/mol. The Morgan fingerprint density at radius 2 is 0.796 bits per heavy atom. The summed E-state index contributed by atoms with van der Waals surface area (Å²) >= 11 is 0. The molecule has 0 rings (SSSR count). The van der Waals surface area contributed by atoms with E-state index in [0.29, 0.717) is 19.3 Å². The second-order valence-electron chi connectivity index (χ2n) is 12.2. The van der Waals surface area contributed by atoms with Crippen molar-refractivity contribution in [2.75, 3.05) is 6.67 Å². The van der Waals surface area contributed by atoms with Gasteiger partial charge in [-0.3, -0.25) is 57.5 Å². The third-order valence-corrected chi connectivity index (χ3v) is 7.37. The molecule has 2 N–H and O–H groups in total. The van der Waals surface area contributed by atoms with E-state index in [2.05, 4.69) is 23.8 Å². The maximum atomic E-state index is 11.9. The van der Waals surface area contributed by atoms with Gasteiger partial charge < -0.3 is 10.6 Å². The summed E-state index contributed by atoms with van der Waals surface area (Å²) in [6.45, 7) is 19.0. The molecule has 14 heteroatoms. The molecule has 2 amide bonds. The Bertz CT molecular complexity index is 1230. The third kappa shape index (κ3) is 35.5. The molecule has 0 aromatic rings. The topological polar surface area (TPSA) is 229 Å². The molecule has 0 aliphatic carbocycles. The predicted octanol–water partition coefficient (Wildman–Crippen LogP) is 4.66. The van der Waals surface area contributed by atoms with Crippen molar-refractivity contribution in [3.05, 3.63) is 25.3 Å². The zero-order valence-electron chi connectivity index (χ0n) is 33.5. The van der Waals surface area contributed by atoms with E-state index in [1.165, 1.54) is 27.7 Å². The van der Waals surface area contributed by atoms with Gasteiger partial charge in [-0.15, -0.1) is 0 Å². The Morgan fingerprint density at radius 1 is 0.481 bits per heavy atom. The molecule has 0 saturated heterocycles. The number of nitrogens with one attached hydrogen (secondary N) is 2. The first-order valence-corrected chi connectivity index (χ1v) is 18.1. The lowest BCUT2D eigenvalue weighted by Crippen LogP contribution is -2.35. The fourth-order valence-electron chi connectivity index (χ4n) is 4.19. The maximum absolute atomic E-state index is 11.9. The molecule has 0 spiro atoms. The minimum atomic E-state index is -0.708. The molecule has 2 unspecified atom stereocenters. The van der Waals surface area contributed by atoms with Gasteiger partial charge in [0.15, 0.2) is 0 Å². The number of amides is 2. The lowest BCUT2D eigenvalue weighted by Gasteiger charge is -2.11. The van der Waals surface area contributed by atoms with Gasteiger partial charge in [-0.25, -0.2) is 0 Å². The largest absolute Gasteiger partial charge is 0.335 e. The molecule has 0 aliphatic rings. The van der Waals surface area contributed by atoms with E-state index in [0.717, 1.165) is 12.2 Å². The number of carbonyl (C=O) groups is 12. The van der Waals surface area contributed by atoms with Crippen molar-refractivity contribution in [1.29, 1.82) is 0 Å². The molecular formula is C40H62N2O12. The molecule has 0 heterocycles. The zero-order chi connectivity index (χ0) is 42.8. The van der Waals surface area contributed by atoms with Crippen molar-refractivity contribution in [2.45, 2.75) is 139 Å². The Labute approximate surface area is 320 Å². The highest BCUT2D eigenvalue weighted by atomic mass is 16.2. The Hall–Kier alpha value is -4.88. The fourth-order valence-corrected chi connectivity index (χ4v) is 4.19. The minimum absolute atomic E-state index is 0.0255. The highest BCUT2D eigenvalue weighted by Gasteiger charge is 2.23. The van der Waals surface area contributed by atoms with Crippen LogP contribution < -0.4 is 10.6 Å². The van der Waals surface area contributed by atoms with Crippen LogP contribution in [0.2, 0.25) is 0 Å². The summed E-state index contributed by atoms with van der Waals surface area (Å²) in [6, 6.07) is 0. The van der Waals surface area contributed by atoms with Gasteiger partial charge in [-0.05, 0) is 59.1 Å². The Balaban J connectivity index is -0.000000375. The number of Topliss-reactive ketones (excluding diaryl/α,β-unsaturated/α-hetero) is 10. The highest BCUT2D eigenvalue weighted by Crippen LogP contribution is 2.16. The molecule has 0 fully saturated rings. The second-order valence-corrected chi connectivity index (χ2v) is 12.2. The molecule has 0 aliphatic heterocycles. The highest BCUT2D eigenvalue weighted by molar-refractivity contribution is 6.02. The lowest BCUT2D eigenvalue weighted by molar-refractivity contribution is -0.133. The van der Waals surface area contributed by atoms with Crippen LogP contribution in [0.15, 0.2) is 25.3 Å². The molecule has 0 aromatic carbocycles. The Kier molecular flexibility index (Phi) is 36.4. The van der Waals surface area contributed by atoms with E-state index >= 15 is 0 Å². The third-order valence-electron chi connectivity index (χ3n) is 7.37. The molecule has 0 bridgehead atoms. The van der Waals surface area contributed by atoms with Gasteiger partial charge in [0.05, 0.1) is 31.3 Å². The molecule has 0 aromatic heterocycles. The minimum Gasteiger partial charge on any atom is -0.335 e. The van der Waals surface area contributed by atoms with Gasteiger partial charge in [-0.2, -0.15) is 0 Å². The molecule has 0 saturated carbocycles. The molecular weight excluding hydrogens is 700 g/mol. The van der Waals surface area contributed by atoms with Crippen LogP contribution in [0.5, 0.6) is 0 Å². The van der Waals surface area contributed by atoms with Crippen molar-refractivity contribution in [3.63, 3.8) is 0 Å². The number of ketones is 10. The van der Waals surface area contributed by atoms with Crippen LogP contribution in [0.25, 0.3) is 0 Å². The van der Waals surface area contributed by atoms with E-state index in [4.69, 9.17) is 0 Å². The van der Waals surface area contributed by atoms with Gasteiger partial charge in [-0.1, -0.05) is 40.9 Å². The van der Waals surface area contributed by atoms with E-state index in [1.54, 1.807) is 27.7 Å². The normalized spacial score (nSPS) is 10.7. The van der Waals surface area contributed by atoms with Crippen LogP contribution in [0.4, 0.5) is 0 Å². The van der Waals surface area contributed by atoms with Crippen molar-refractivity contribution < 1.29 is 57.5 Å². The SMILES string of the molecule is C=CC(=O)NCNC(=O)C=C.CCC(=O)C(CCC(=O)CCCC(=O)CCC(C(C)=O)C(=O)CC)C(C)=O.CCC(=O)CC(C)=O.CCC(=O)CC(C)=O. The summed E-state index contributed by atoms with van der Waals surface area (Å²) in [5, 5.41) is 4.72. The summed E-state index contributed by atoms with van der Waals surface area (Å²) in [4.78, 5) is 132. The summed E-state index contributed by atoms with van der Waals surface area (Å²) in [5.41, 5.74) is 0. The van der Waals surface area contributed by atoms with Crippen LogP contribution >= 0.6 is 0 Å². The molecule has 54 heavy (non-hydrogen) atoms. The number of hydrogen-bond donors (Lipinski definition) is 2. The van der Waals surface area contributed by atoms with E-state index in [9.17, 15) is 57.5 Å². The smallest absolute Gasteiger partial charge is 0.244 e. The zero-order valence-corrected chi connectivity index (χ0v) is 33.5. The summed E-state index contributed by atoms with van der Waals surface area (Å²) in [7, 11) is 0. The second kappa shape index (κ2) is 35.2. The van der Waals surface area contributed by atoms with Crippen LogP contribution in [0.3, 0.4) is 0 Å². The van der Waals surface area contributed by atoms with Crippen molar-refractivity contribution in [3.8, 4) is 0 Å². The van der Waals surface area contributed by atoms with E-state index in [1.807, 2.05) is 0 Å². The standard InChI is InChI=1S/C21H32O6.C7H10N2O2.2C6H10O2/c1-5-20(26)18(14(3)22)12-10-16(24)8-7-9-17(25)11-13-19(15(4)23)21(27)6-2;1-3-6(10)8-5-9-7(11)4-2;2*1-3-6(8)4-5(2)7/h18-19H,5-13H2,1-4H3;3-4H,1-2,5H2,(H,8,10)(H,9,11);2*3-4H2,1-2H3. The molecule has 14 nitrogen and oxygen atoms in total. The van der Waals surface area contributed by atoms with Crippen molar-refractivity contribution in [1.82, 2.24) is 10.6 Å². The van der Waals surface area contributed by atoms with E-state index < -0.39 is 11.8 Å². The average Bonchev–Trinajstić information content (AvgIpc) is 3.11. The molecule has 304 valence electrons. The Morgan fingerprint density at radius 3 is 1.00 bits per heavy atom. The lowest BCUT2D eigenvalue weighted by atomic mass is 9.90. The first-order chi connectivity index (χ1) is 25.2. The summed E-state index contributed by atoms with van der Waals surface area (Å²) < 4.78 is 0. The van der Waals surface area contributed by atoms with Gasteiger partial charge in [0, 0.05) is 51.4 Å². The van der Waals surface area contributed by atoms with Crippen molar-refractivity contribution >= 4 is 69.6 Å². The number of carbonyl (C=O) groups excluding carboxylic acids is 12. The first kappa shape index (κ1) is 55.9. The fraction of sp³-hybridized carbons (Fsp3) is 0.600. The molecule has 0 radical (unpaired) electrons. The van der Waals surface area contributed by atoms with Gasteiger partial charge >= 0.3 is 0 Å². The van der Waals surface area contributed by atoms with Gasteiger partial charge in [0.25, 0.3) is 0 Å². The molecule has 2 atom stereocenters. The summed E-state index contributed by atoms with van der Waals surface area (Å²) in [6.07, 6.45) is 5.57. The van der Waals surface area contributed by atoms with E-state index in [-0.39, 0.29) is 141 Å².